The number of hydrogen-bond donors (Lipinski definition) is 2. The van der Waals surface area contributed by atoms with E-state index in [4.69, 9.17) is 5.73 Å². The lowest BCUT2D eigenvalue weighted by Gasteiger charge is -2.10. The second-order valence-electron chi connectivity index (χ2n) is 4.03. The number of nitrogens with two attached hydrogens (primary N) is 1. The Morgan fingerprint density at radius 3 is 2.50 bits per heavy atom. The summed E-state index contributed by atoms with van der Waals surface area (Å²) in [6.07, 6.45) is 0.908. The fourth-order valence-electron chi connectivity index (χ4n) is 1.98. The molecule has 0 aromatic heterocycles. The van der Waals surface area contributed by atoms with Gasteiger partial charge in [0.05, 0.1) is 6.61 Å². The van der Waals surface area contributed by atoms with Gasteiger partial charge in [0.2, 0.25) is 0 Å². The van der Waals surface area contributed by atoms with Crippen LogP contribution in [0.4, 0.5) is 4.39 Å². The predicted octanol–water partition coefficient (Wildman–Crippen LogP) is 1.25. The van der Waals surface area contributed by atoms with Gasteiger partial charge in [0.1, 0.15) is 5.82 Å². The summed E-state index contributed by atoms with van der Waals surface area (Å²) >= 11 is 0. The molecule has 1 aliphatic carbocycles. The van der Waals surface area contributed by atoms with E-state index in [0.29, 0.717) is 12.5 Å². The molecule has 3 N–H and O–H groups in total. The van der Waals surface area contributed by atoms with E-state index >= 15 is 0 Å². The molecule has 0 radical (unpaired) electrons. The van der Waals surface area contributed by atoms with E-state index in [1.54, 1.807) is 12.1 Å². The molecule has 1 fully saturated rings. The van der Waals surface area contributed by atoms with Gasteiger partial charge in [0.15, 0.2) is 0 Å². The molecule has 76 valence electrons. The first kappa shape index (κ1) is 9.62. The van der Waals surface area contributed by atoms with Gasteiger partial charge in [0.25, 0.3) is 0 Å². The third-order valence-corrected chi connectivity index (χ3v) is 3.18. The highest BCUT2D eigenvalue weighted by Crippen LogP contribution is 2.58. The average Bonchev–Trinajstić information content (AvgIpc) is 2.94. The zero-order chi connectivity index (χ0) is 10.2. The first-order valence-corrected chi connectivity index (χ1v) is 4.78. The maximum Gasteiger partial charge on any atom is 0.123 e. The Morgan fingerprint density at radius 1 is 1.43 bits per heavy atom. The second-order valence-corrected chi connectivity index (χ2v) is 4.03. The van der Waals surface area contributed by atoms with Crippen LogP contribution in [0.3, 0.4) is 0 Å². The van der Waals surface area contributed by atoms with Crippen molar-refractivity contribution in [1.82, 2.24) is 0 Å². The van der Waals surface area contributed by atoms with Gasteiger partial charge in [-0.05, 0) is 30.0 Å². The largest absolute Gasteiger partial charge is 0.396 e. The summed E-state index contributed by atoms with van der Waals surface area (Å²) in [4.78, 5) is 0. The summed E-state index contributed by atoms with van der Waals surface area (Å²) in [6, 6.07) is 6.44. The average molecular weight is 195 g/mol. The van der Waals surface area contributed by atoms with Gasteiger partial charge in [0, 0.05) is 12.0 Å². The molecule has 0 spiro atoms. The standard InChI is InChI=1S/C11H14FNO/c12-9-3-1-8(2-4-9)10-5-11(10,6-13)7-14/h1-4,10,14H,5-7,13H2. The first-order chi connectivity index (χ1) is 6.72. The van der Waals surface area contributed by atoms with Gasteiger partial charge >= 0.3 is 0 Å². The van der Waals surface area contributed by atoms with Crippen LogP contribution >= 0.6 is 0 Å². The highest BCUT2D eigenvalue weighted by Gasteiger charge is 2.53. The number of aliphatic hydroxyl groups excluding tert-OH is 1. The summed E-state index contributed by atoms with van der Waals surface area (Å²) in [7, 11) is 0. The summed E-state index contributed by atoms with van der Waals surface area (Å²) < 4.78 is 12.7. The van der Waals surface area contributed by atoms with E-state index in [9.17, 15) is 9.50 Å². The number of hydrogen-bond acceptors (Lipinski definition) is 2. The minimum absolute atomic E-state index is 0.117. The predicted molar refractivity (Wildman–Crippen MR) is 52.3 cm³/mol. The Kier molecular flexibility index (Phi) is 2.29. The van der Waals surface area contributed by atoms with Crippen molar-refractivity contribution in [2.24, 2.45) is 11.1 Å². The maximum absolute atomic E-state index is 12.7. The summed E-state index contributed by atoms with van der Waals surface area (Å²) in [6.45, 7) is 0.608. The first-order valence-electron chi connectivity index (χ1n) is 4.78. The molecule has 0 saturated heterocycles. The number of aliphatic hydroxyl groups is 1. The van der Waals surface area contributed by atoms with Crippen LogP contribution in [-0.2, 0) is 0 Å². The number of halogens is 1. The molecule has 1 aromatic carbocycles. The van der Waals surface area contributed by atoms with Crippen molar-refractivity contribution >= 4 is 0 Å². The third kappa shape index (κ3) is 1.42. The Balaban J connectivity index is 2.16. The zero-order valence-electron chi connectivity index (χ0n) is 7.91. The monoisotopic (exact) mass is 195 g/mol. The molecule has 2 rings (SSSR count). The van der Waals surface area contributed by atoms with Crippen molar-refractivity contribution in [3.8, 4) is 0 Å². The molecule has 0 amide bonds. The number of benzene rings is 1. The van der Waals surface area contributed by atoms with Crippen LogP contribution in [0.15, 0.2) is 24.3 Å². The smallest absolute Gasteiger partial charge is 0.123 e. The Labute approximate surface area is 82.5 Å². The summed E-state index contributed by atoms with van der Waals surface area (Å²) in [5.41, 5.74) is 6.54. The Morgan fingerprint density at radius 2 is 2.07 bits per heavy atom. The quantitative estimate of drug-likeness (QED) is 0.762. The molecule has 3 heteroatoms. The van der Waals surface area contributed by atoms with Crippen LogP contribution in [0.1, 0.15) is 17.9 Å². The van der Waals surface area contributed by atoms with E-state index in [2.05, 4.69) is 0 Å². The zero-order valence-corrected chi connectivity index (χ0v) is 7.91. The molecule has 1 aromatic rings. The highest BCUT2D eigenvalue weighted by molar-refractivity contribution is 5.30. The second kappa shape index (κ2) is 3.33. The third-order valence-electron chi connectivity index (χ3n) is 3.18. The fraction of sp³-hybridized carbons (Fsp3) is 0.455. The van der Waals surface area contributed by atoms with Gasteiger partial charge in [-0.2, -0.15) is 0 Å². The van der Waals surface area contributed by atoms with Gasteiger partial charge in [-0.1, -0.05) is 12.1 Å². The SMILES string of the molecule is NCC1(CO)CC1c1ccc(F)cc1. The maximum atomic E-state index is 12.7. The molecular weight excluding hydrogens is 181 g/mol. The van der Waals surface area contributed by atoms with E-state index in [1.807, 2.05) is 0 Å². The van der Waals surface area contributed by atoms with Crippen molar-refractivity contribution in [3.63, 3.8) is 0 Å². The molecule has 1 saturated carbocycles. The molecule has 2 unspecified atom stereocenters. The van der Waals surface area contributed by atoms with Crippen LogP contribution in [-0.4, -0.2) is 18.3 Å². The lowest BCUT2D eigenvalue weighted by Crippen LogP contribution is -2.21. The normalized spacial score (nSPS) is 30.4. The molecule has 0 heterocycles. The summed E-state index contributed by atoms with van der Waals surface area (Å²) in [5, 5.41) is 9.19. The van der Waals surface area contributed by atoms with E-state index in [1.165, 1.54) is 12.1 Å². The molecule has 1 aliphatic rings. The molecule has 2 atom stereocenters. The minimum atomic E-state index is -0.225. The van der Waals surface area contributed by atoms with Crippen LogP contribution in [0.5, 0.6) is 0 Å². The fourth-order valence-corrected chi connectivity index (χ4v) is 1.98. The summed E-state index contributed by atoms with van der Waals surface area (Å²) in [5.74, 6) is 0.0786. The van der Waals surface area contributed by atoms with E-state index < -0.39 is 0 Å². The molecular formula is C11H14FNO. The molecule has 14 heavy (non-hydrogen) atoms. The van der Waals surface area contributed by atoms with Gasteiger partial charge in [-0.3, -0.25) is 0 Å². The van der Waals surface area contributed by atoms with E-state index in [-0.39, 0.29) is 17.8 Å². The van der Waals surface area contributed by atoms with Crippen molar-refractivity contribution in [2.45, 2.75) is 12.3 Å². The van der Waals surface area contributed by atoms with Crippen molar-refractivity contribution in [1.29, 1.82) is 0 Å². The molecule has 0 bridgehead atoms. The van der Waals surface area contributed by atoms with Gasteiger partial charge in [-0.15, -0.1) is 0 Å². The Hall–Kier alpha value is -0.930. The van der Waals surface area contributed by atoms with Crippen LogP contribution in [0.25, 0.3) is 0 Å². The highest BCUT2D eigenvalue weighted by atomic mass is 19.1. The lowest BCUT2D eigenvalue weighted by atomic mass is 10.0. The Bertz CT molecular complexity index is 319. The number of rotatable bonds is 3. The van der Waals surface area contributed by atoms with Crippen LogP contribution in [0.2, 0.25) is 0 Å². The van der Waals surface area contributed by atoms with Crippen LogP contribution < -0.4 is 5.73 Å². The van der Waals surface area contributed by atoms with Crippen molar-refractivity contribution in [3.05, 3.63) is 35.6 Å². The van der Waals surface area contributed by atoms with E-state index in [0.717, 1.165) is 12.0 Å². The topological polar surface area (TPSA) is 46.2 Å². The van der Waals surface area contributed by atoms with Gasteiger partial charge < -0.3 is 10.8 Å². The van der Waals surface area contributed by atoms with Gasteiger partial charge in [-0.25, -0.2) is 4.39 Å². The minimum Gasteiger partial charge on any atom is -0.396 e. The molecule has 0 aliphatic heterocycles. The van der Waals surface area contributed by atoms with Crippen LogP contribution in [0, 0.1) is 11.2 Å². The molecule has 2 nitrogen and oxygen atoms in total. The van der Waals surface area contributed by atoms with Crippen molar-refractivity contribution in [2.75, 3.05) is 13.2 Å². The lowest BCUT2D eigenvalue weighted by molar-refractivity contribution is 0.211. The van der Waals surface area contributed by atoms with Crippen molar-refractivity contribution < 1.29 is 9.50 Å².